The van der Waals surface area contributed by atoms with Crippen molar-refractivity contribution in [3.05, 3.63) is 28.0 Å². The zero-order chi connectivity index (χ0) is 19.5. The summed E-state index contributed by atoms with van der Waals surface area (Å²) in [4.78, 5) is 30.7. The normalized spacial score (nSPS) is 20.2. The first-order valence-corrected chi connectivity index (χ1v) is 9.31. The third-order valence-corrected chi connectivity index (χ3v) is 4.86. The standard InChI is InChI=1S/C18H26BrN3O4/c1-11-8-20-15(7-14(11)19)16(23)21-12-6-13(10-25-5)22(9-12)17(24)26-18(2,3)4/h7-8,12-13H,6,9-10H2,1-5H3,(H,21,23)/t12-,13+/m1/s1. The van der Waals surface area contributed by atoms with Gasteiger partial charge in [0, 0.05) is 30.4 Å². The zero-order valence-electron chi connectivity index (χ0n) is 15.8. The van der Waals surface area contributed by atoms with Crippen LogP contribution in [0.15, 0.2) is 16.7 Å². The summed E-state index contributed by atoms with van der Waals surface area (Å²) in [6.45, 7) is 8.15. The van der Waals surface area contributed by atoms with Crippen molar-refractivity contribution < 1.29 is 19.1 Å². The molecule has 2 amide bonds. The maximum Gasteiger partial charge on any atom is 0.410 e. The summed E-state index contributed by atoms with van der Waals surface area (Å²) >= 11 is 3.41. The number of amides is 2. The van der Waals surface area contributed by atoms with Crippen LogP contribution >= 0.6 is 15.9 Å². The number of nitrogens with zero attached hydrogens (tertiary/aromatic N) is 2. The molecule has 0 unspecified atom stereocenters. The van der Waals surface area contributed by atoms with Gasteiger partial charge in [-0.1, -0.05) is 15.9 Å². The molecule has 1 saturated heterocycles. The van der Waals surface area contributed by atoms with Crippen LogP contribution in [0.2, 0.25) is 0 Å². The van der Waals surface area contributed by atoms with Crippen molar-refractivity contribution in [3.63, 3.8) is 0 Å². The minimum atomic E-state index is -0.575. The van der Waals surface area contributed by atoms with Gasteiger partial charge >= 0.3 is 6.09 Å². The molecule has 1 fully saturated rings. The van der Waals surface area contributed by atoms with Crippen molar-refractivity contribution in [2.45, 2.75) is 51.8 Å². The zero-order valence-corrected chi connectivity index (χ0v) is 17.4. The van der Waals surface area contributed by atoms with E-state index in [0.29, 0.717) is 25.3 Å². The van der Waals surface area contributed by atoms with E-state index in [0.717, 1.165) is 10.0 Å². The second-order valence-electron chi connectivity index (χ2n) is 7.47. The summed E-state index contributed by atoms with van der Waals surface area (Å²) in [5, 5.41) is 2.95. The molecule has 1 aromatic rings. The Kier molecular flexibility index (Phi) is 6.63. The van der Waals surface area contributed by atoms with Crippen molar-refractivity contribution in [1.82, 2.24) is 15.2 Å². The molecule has 0 bridgehead atoms. The van der Waals surface area contributed by atoms with Gasteiger partial charge < -0.3 is 19.7 Å². The highest BCUT2D eigenvalue weighted by Gasteiger charge is 2.38. The van der Waals surface area contributed by atoms with Crippen LogP contribution in [-0.4, -0.2) is 59.8 Å². The molecule has 26 heavy (non-hydrogen) atoms. The highest BCUT2D eigenvalue weighted by molar-refractivity contribution is 9.10. The second-order valence-corrected chi connectivity index (χ2v) is 8.32. The number of pyridine rings is 1. The number of carbonyl (C=O) groups is 2. The Morgan fingerprint density at radius 1 is 1.42 bits per heavy atom. The van der Waals surface area contributed by atoms with Gasteiger partial charge in [0.2, 0.25) is 0 Å². The smallest absolute Gasteiger partial charge is 0.410 e. The van der Waals surface area contributed by atoms with Gasteiger partial charge in [-0.2, -0.15) is 0 Å². The lowest BCUT2D eigenvalue weighted by Crippen LogP contribution is -2.43. The fourth-order valence-corrected chi connectivity index (χ4v) is 3.12. The number of rotatable bonds is 4. The molecule has 2 atom stereocenters. The number of hydrogen-bond acceptors (Lipinski definition) is 5. The Bertz CT molecular complexity index is 675. The molecule has 0 spiro atoms. The third-order valence-electron chi connectivity index (χ3n) is 4.01. The van der Waals surface area contributed by atoms with Crippen LogP contribution in [-0.2, 0) is 9.47 Å². The number of likely N-dealkylation sites (tertiary alicyclic amines) is 1. The van der Waals surface area contributed by atoms with Crippen molar-refractivity contribution in [2.75, 3.05) is 20.3 Å². The summed E-state index contributed by atoms with van der Waals surface area (Å²) in [5.41, 5.74) is 0.717. The molecular formula is C18H26BrN3O4. The highest BCUT2D eigenvalue weighted by atomic mass is 79.9. The Hall–Kier alpha value is -1.67. The van der Waals surface area contributed by atoms with Gasteiger partial charge in [-0.25, -0.2) is 4.79 Å². The largest absolute Gasteiger partial charge is 0.444 e. The lowest BCUT2D eigenvalue weighted by atomic mass is 10.1. The fourth-order valence-electron chi connectivity index (χ4n) is 2.80. The summed E-state index contributed by atoms with van der Waals surface area (Å²) < 4.78 is 11.5. The van der Waals surface area contributed by atoms with Gasteiger partial charge in [-0.15, -0.1) is 0 Å². The molecule has 8 heteroatoms. The minimum absolute atomic E-state index is 0.141. The van der Waals surface area contributed by atoms with Gasteiger partial charge in [0.15, 0.2) is 0 Å². The third kappa shape index (κ3) is 5.41. The highest BCUT2D eigenvalue weighted by Crippen LogP contribution is 2.22. The van der Waals surface area contributed by atoms with E-state index in [1.807, 2.05) is 27.7 Å². The summed E-state index contributed by atoms with van der Waals surface area (Å²) in [5.74, 6) is -0.266. The van der Waals surface area contributed by atoms with Gasteiger partial charge in [-0.3, -0.25) is 9.78 Å². The Morgan fingerprint density at radius 3 is 2.69 bits per heavy atom. The Morgan fingerprint density at radius 2 is 2.12 bits per heavy atom. The molecule has 1 N–H and O–H groups in total. The van der Waals surface area contributed by atoms with E-state index >= 15 is 0 Å². The first kappa shape index (κ1) is 20.6. The minimum Gasteiger partial charge on any atom is -0.444 e. The van der Waals surface area contributed by atoms with Crippen LogP contribution < -0.4 is 5.32 Å². The molecule has 1 aliphatic heterocycles. The van der Waals surface area contributed by atoms with E-state index in [4.69, 9.17) is 9.47 Å². The van der Waals surface area contributed by atoms with Gasteiger partial charge in [0.1, 0.15) is 11.3 Å². The molecule has 1 aliphatic rings. The van der Waals surface area contributed by atoms with Crippen LogP contribution in [0.1, 0.15) is 43.2 Å². The van der Waals surface area contributed by atoms with E-state index < -0.39 is 11.7 Å². The fraction of sp³-hybridized carbons (Fsp3) is 0.611. The van der Waals surface area contributed by atoms with Gasteiger partial charge in [-0.05, 0) is 45.7 Å². The first-order valence-electron chi connectivity index (χ1n) is 8.52. The number of aryl methyl sites for hydroxylation is 1. The van der Waals surface area contributed by atoms with Crippen LogP contribution in [0.4, 0.5) is 4.79 Å². The molecule has 0 aromatic carbocycles. The summed E-state index contributed by atoms with van der Waals surface area (Å²) in [6, 6.07) is 1.37. The molecule has 144 valence electrons. The van der Waals surface area contributed by atoms with Crippen LogP contribution in [0, 0.1) is 6.92 Å². The average Bonchev–Trinajstić information content (AvgIpc) is 2.91. The molecule has 0 aliphatic carbocycles. The number of methoxy groups -OCH3 is 1. The maximum absolute atomic E-state index is 12.5. The summed E-state index contributed by atoms with van der Waals surface area (Å²) in [6.07, 6.45) is 1.85. The van der Waals surface area contributed by atoms with Crippen molar-refractivity contribution in [3.8, 4) is 0 Å². The molecule has 1 aromatic heterocycles. The molecule has 7 nitrogen and oxygen atoms in total. The Balaban J connectivity index is 2.05. The SMILES string of the molecule is COC[C@@H]1C[C@@H](NC(=O)c2cc(Br)c(C)cn2)CN1C(=O)OC(C)(C)C. The van der Waals surface area contributed by atoms with E-state index in [9.17, 15) is 9.59 Å². The monoisotopic (exact) mass is 427 g/mol. The summed E-state index contributed by atoms with van der Waals surface area (Å²) in [7, 11) is 1.59. The Labute approximate surface area is 162 Å². The topological polar surface area (TPSA) is 80.8 Å². The lowest BCUT2D eigenvalue weighted by molar-refractivity contribution is 0.0146. The van der Waals surface area contributed by atoms with Crippen molar-refractivity contribution >= 4 is 27.9 Å². The molecule has 0 radical (unpaired) electrons. The maximum atomic E-state index is 12.5. The van der Waals surface area contributed by atoms with Gasteiger partial charge in [0.05, 0.1) is 12.6 Å². The number of aromatic nitrogens is 1. The predicted octanol–water partition coefficient (Wildman–Crippen LogP) is 2.91. The van der Waals surface area contributed by atoms with Crippen LogP contribution in [0.5, 0.6) is 0 Å². The number of carbonyl (C=O) groups excluding carboxylic acids is 2. The molecule has 2 rings (SSSR count). The van der Waals surface area contributed by atoms with Crippen molar-refractivity contribution in [1.29, 1.82) is 0 Å². The second kappa shape index (κ2) is 8.35. The lowest BCUT2D eigenvalue weighted by Gasteiger charge is -2.28. The molecule has 0 saturated carbocycles. The van der Waals surface area contributed by atoms with E-state index in [-0.39, 0.29) is 18.0 Å². The van der Waals surface area contributed by atoms with Crippen LogP contribution in [0.25, 0.3) is 0 Å². The van der Waals surface area contributed by atoms with E-state index in [1.54, 1.807) is 24.3 Å². The van der Waals surface area contributed by atoms with Gasteiger partial charge in [0.25, 0.3) is 5.91 Å². The number of hydrogen-bond donors (Lipinski definition) is 1. The van der Waals surface area contributed by atoms with Crippen molar-refractivity contribution in [2.24, 2.45) is 0 Å². The van der Waals surface area contributed by atoms with E-state index in [1.165, 1.54) is 0 Å². The average molecular weight is 428 g/mol. The quantitative estimate of drug-likeness (QED) is 0.798. The number of halogens is 1. The first-order chi connectivity index (χ1) is 12.1. The van der Waals surface area contributed by atoms with E-state index in [2.05, 4.69) is 26.2 Å². The number of ether oxygens (including phenoxy) is 2. The molecule has 2 heterocycles. The number of nitrogens with one attached hydrogen (secondary N) is 1. The van der Waals surface area contributed by atoms with Crippen LogP contribution in [0.3, 0.4) is 0 Å². The predicted molar refractivity (Wildman–Crippen MR) is 101 cm³/mol. The molecular weight excluding hydrogens is 402 g/mol.